The van der Waals surface area contributed by atoms with E-state index >= 15 is 0 Å². The van der Waals surface area contributed by atoms with Gasteiger partial charge in [-0.05, 0) is 31.7 Å². The highest BCUT2D eigenvalue weighted by Gasteiger charge is 2.32. The maximum atomic E-state index is 12.6. The summed E-state index contributed by atoms with van der Waals surface area (Å²) in [7, 11) is 0. The van der Waals surface area contributed by atoms with Crippen molar-refractivity contribution in [1.29, 1.82) is 0 Å². The van der Waals surface area contributed by atoms with Gasteiger partial charge in [-0.2, -0.15) is 13.2 Å². The third kappa shape index (κ3) is 7.43. The normalized spacial score (nSPS) is 18.8. The van der Waals surface area contributed by atoms with Gasteiger partial charge in [0.25, 0.3) is 0 Å². The largest absolute Gasteiger partial charge is 0.476 e. The van der Waals surface area contributed by atoms with Gasteiger partial charge in [-0.15, -0.1) is 0 Å². The molecule has 0 spiro atoms. The standard InChI is InChI=1S/C21H24ClF3N4O4/c1-12(29-13(2)30)8-31-16-5-15(6-16)10-33-20-18(22)19(27-11-28-20)32-9-14-3-4-17(26-7-14)21(23,24)25/h3-4,7,11-12,15-16H,5-6,8-10H2,1-2H3,(H,29,30)/t12-,15?,16?/m0/s1. The van der Waals surface area contributed by atoms with Crippen molar-refractivity contribution >= 4 is 17.5 Å². The average molecular weight is 489 g/mol. The lowest BCUT2D eigenvalue weighted by Gasteiger charge is -2.35. The molecule has 2 heterocycles. The van der Waals surface area contributed by atoms with Crippen LogP contribution < -0.4 is 14.8 Å². The summed E-state index contributed by atoms with van der Waals surface area (Å²) in [6.45, 7) is 4.12. The highest BCUT2D eigenvalue weighted by molar-refractivity contribution is 6.33. The van der Waals surface area contributed by atoms with Crippen molar-refractivity contribution in [2.45, 2.75) is 51.6 Å². The highest BCUT2D eigenvalue weighted by atomic mass is 35.5. The van der Waals surface area contributed by atoms with E-state index in [0.717, 1.165) is 25.1 Å². The number of halogens is 4. The molecular formula is C21H24ClF3N4O4. The van der Waals surface area contributed by atoms with Crippen LogP contribution in [-0.4, -0.2) is 46.2 Å². The molecule has 0 radical (unpaired) electrons. The Hall–Kier alpha value is -2.66. The fourth-order valence-corrected chi connectivity index (χ4v) is 3.39. The number of hydrogen-bond donors (Lipinski definition) is 1. The molecule has 0 unspecified atom stereocenters. The first kappa shape index (κ1) is 25.0. The van der Waals surface area contributed by atoms with E-state index in [1.54, 1.807) is 0 Å². The van der Waals surface area contributed by atoms with Gasteiger partial charge in [0, 0.05) is 24.7 Å². The molecule has 12 heteroatoms. The number of hydrogen-bond acceptors (Lipinski definition) is 7. The SMILES string of the molecule is CC(=O)N[C@@H](C)COC1CC(COc2ncnc(OCc3ccc(C(F)(F)F)nc3)c2Cl)C1. The van der Waals surface area contributed by atoms with Gasteiger partial charge in [-0.3, -0.25) is 9.78 Å². The monoisotopic (exact) mass is 488 g/mol. The van der Waals surface area contributed by atoms with Crippen molar-refractivity contribution < 1.29 is 32.2 Å². The Labute approximate surface area is 193 Å². The van der Waals surface area contributed by atoms with Gasteiger partial charge in [0.1, 0.15) is 18.6 Å². The maximum Gasteiger partial charge on any atom is 0.433 e. The smallest absolute Gasteiger partial charge is 0.433 e. The number of carbonyl (C=O) groups is 1. The second-order valence-electron chi connectivity index (χ2n) is 7.84. The molecule has 2 aromatic rings. The molecule has 2 aromatic heterocycles. The zero-order valence-corrected chi connectivity index (χ0v) is 18.8. The second-order valence-corrected chi connectivity index (χ2v) is 8.22. The molecule has 0 saturated heterocycles. The summed E-state index contributed by atoms with van der Waals surface area (Å²) in [5.74, 6) is 0.408. The van der Waals surface area contributed by atoms with Crippen LogP contribution in [0.4, 0.5) is 13.2 Å². The second kappa shape index (κ2) is 11.0. The molecule has 1 fully saturated rings. The molecule has 1 amide bonds. The zero-order valence-electron chi connectivity index (χ0n) is 18.1. The lowest BCUT2D eigenvalue weighted by atomic mass is 9.83. The number of nitrogens with zero attached hydrogens (tertiary/aromatic N) is 3. The van der Waals surface area contributed by atoms with Crippen molar-refractivity contribution in [2.24, 2.45) is 5.92 Å². The van der Waals surface area contributed by atoms with E-state index in [2.05, 4.69) is 20.3 Å². The molecule has 1 N–H and O–H groups in total. The number of rotatable bonds is 10. The van der Waals surface area contributed by atoms with Crippen molar-refractivity contribution in [3.8, 4) is 11.8 Å². The van der Waals surface area contributed by atoms with E-state index in [4.69, 9.17) is 25.8 Å². The Morgan fingerprint density at radius 3 is 2.52 bits per heavy atom. The molecule has 0 aromatic carbocycles. The van der Waals surface area contributed by atoms with Gasteiger partial charge in [-0.25, -0.2) is 9.97 Å². The Balaban J connectivity index is 1.43. The van der Waals surface area contributed by atoms with Gasteiger partial charge in [0.15, 0.2) is 5.02 Å². The van der Waals surface area contributed by atoms with E-state index in [-0.39, 0.29) is 47.4 Å². The lowest BCUT2D eigenvalue weighted by Crippen LogP contribution is -2.40. The molecule has 180 valence electrons. The summed E-state index contributed by atoms with van der Waals surface area (Å²) in [6, 6.07) is 2.11. The van der Waals surface area contributed by atoms with Crippen LogP contribution in [0.1, 0.15) is 37.9 Å². The fraction of sp³-hybridized carbons (Fsp3) is 0.524. The third-order valence-electron chi connectivity index (χ3n) is 4.90. The minimum absolute atomic E-state index is 0.0468. The van der Waals surface area contributed by atoms with Crippen LogP contribution in [0.5, 0.6) is 11.8 Å². The maximum absolute atomic E-state index is 12.6. The average Bonchev–Trinajstić information content (AvgIpc) is 2.71. The van der Waals surface area contributed by atoms with Gasteiger partial charge >= 0.3 is 6.18 Å². The van der Waals surface area contributed by atoms with Crippen LogP contribution >= 0.6 is 11.6 Å². The fourth-order valence-electron chi connectivity index (χ4n) is 3.18. The first-order valence-electron chi connectivity index (χ1n) is 10.3. The summed E-state index contributed by atoms with van der Waals surface area (Å²) in [4.78, 5) is 22.4. The number of ether oxygens (including phenoxy) is 3. The first-order valence-corrected chi connectivity index (χ1v) is 10.7. The summed E-state index contributed by atoms with van der Waals surface area (Å²) >= 11 is 6.26. The van der Waals surface area contributed by atoms with E-state index < -0.39 is 11.9 Å². The number of alkyl halides is 3. The molecule has 3 rings (SSSR count). The molecule has 1 saturated carbocycles. The van der Waals surface area contributed by atoms with Crippen LogP contribution in [0.3, 0.4) is 0 Å². The number of amides is 1. The van der Waals surface area contributed by atoms with Gasteiger partial charge < -0.3 is 19.5 Å². The lowest BCUT2D eigenvalue weighted by molar-refractivity contribution is -0.141. The topological polar surface area (TPSA) is 95.5 Å². The van der Waals surface area contributed by atoms with E-state index in [1.807, 2.05) is 6.92 Å². The first-order chi connectivity index (χ1) is 15.6. The van der Waals surface area contributed by atoms with Gasteiger partial charge in [0.2, 0.25) is 17.7 Å². The molecule has 0 aliphatic heterocycles. The summed E-state index contributed by atoms with van der Waals surface area (Å²) in [5, 5.41) is 2.84. The summed E-state index contributed by atoms with van der Waals surface area (Å²) in [5.41, 5.74) is -0.554. The van der Waals surface area contributed by atoms with Crippen LogP contribution in [-0.2, 0) is 22.3 Å². The summed E-state index contributed by atoms with van der Waals surface area (Å²) in [6.07, 6.45) is -0.426. The van der Waals surface area contributed by atoms with Crippen molar-refractivity contribution in [3.63, 3.8) is 0 Å². The van der Waals surface area contributed by atoms with E-state index in [9.17, 15) is 18.0 Å². The van der Waals surface area contributed by atoms with Crippen LogP contribution in [0, 0.1) is 5.92 Å². The molecule has 1 aliphatic carbocycles. The molecule has 0 bridgehead atoms. The Kier molecular flexibility index (Phi) is 8.30. The Bertz CT molecular complexity index is 940. The van der Waals surface area contributed by atoms with Crippen LogP contribution in [0.2, 0.25) is 5.02 Å². The van der Waals surface area contributed by atoms with E-state index in [0.29, 0.717) is 18.8 Å². The summed E-state index contributed by atoms with van der Waals surface area (Å²) < 4.78 is 54.7. The van der Waals surface area contributed by atoms with Crippen molar-refractivity contribution in [2.75, 3.05) is 13.2 Å². The number of nitrogens with one attached hydrogen (secondary N) is 1. The third-order valence-corrected chi connectivity index (χ3v) is 5.22. The molecule has 1 aliphatic rings. The minimum Gasteiger partial charge on any atom is -0.476 e. The molecular weight excluding hydrogens is 465 g/mol. The van der Waals surface area contributed by atoms with Gasteiger partial charge in [-0.1, -0.05) is 17.7 Å². The van der Waals surface area contributed by atoms with Crippen molar-refractivity contribution in [1.82, 2.24) is 20.3 Å². The number of carbonyl (C=O) groups excluding carboxylic acids is 1. The Morgan fingerprint density at radius 2 is 1.91 bits per heavy atom. The molecule has 1 atom stereocenters. The minimum atomic E-state index is -4.50. The Morgan fingerprint density at radius 1 is 1.21 bits per heavy atom. The molecule has 8 nitrogen and oxygen atoms in total. The predicted octanol–water partition coefficient (Wildman–Crippen LogP) is 3.82. The van der Waals surface area contributed by atoms with Gasteiger partial charge in [0.05, 0.1) is 19.3 Å². The quantitative estimate of drug-likeness (QED) is 0.543. The zero-order chi connectivity index (χ0) is 24.0. The number of aromatic nitrogens is 3. The highest BCUT2D eigenvalue weighted by Crippen LogP contribution is 2.34. The number of pyridine rings is 1. The molecule has 33 heavy (non-hydrogen) atoms. The van der Waals surface area contributed by atoms with Crippen LogP contribution in [0.25, 0.3) is 0 Å². The van der Waals surface area contributed by atoms with E-state index in [1.165, 1.54) is 19.3 Å². The predicted molar refractivity (Wildman–Crippen MR) is 112 cm³/mol. The van der Waals surface area contributed by atoms with Crippen LogP contribution in [0.15, 0.2) is 24.7 Å². The van der Waals surface area contributed by atoms with Crippen molar-refractivity contribution in [3.05, 3.63) is 40.9 Å².